The zero-order chi connectivity index (χ0) is 43.5. The van der Waals surface area contributed by atoms with Gasteiger partial charge in [-0.25, -0.2) is 0 Å². The SMILES string of the molecule is Cc1cc(C)cc(N(c2cc3sc4cc(N(c5cc(C)cc(C)c5)c5cccc6c5oc5ccccc56)c5ccccc5c4c3c3ccccc23)c2cccc3c2oc2ccccc23)c1. The van der Waals surface area contributed by atoms with Gasteiger partial charge in [-0.05, 0) is 121 Å². The van der Waals surface area contributed by atoms with Gasteiger partial charge in [-0.2, -0.15) is 0 Å². The Labute approximate surface area is 379 Å². The van der Waals surface area contributed by atoms with Gasteiger partial charge in [0.25, 0.3) is 0 Å². The van der Waals surface area contributed by atoms with Crippen molar-refractivity contribution >= 4 is 131 Å². The lowest BCUT2D eigenvalue weighted by Crippen LogP contribution is -2.11. The third kappa shape index (κ3) is 5.82. The van der Waals surface area contributed by atoms with E-state index in [1.807, 2.05) is 23.5 Å². The first-order chi connectivity index (χ1) is 31.9. The Morgan fingerprint density at radius 2 is 0.677 bits per heavy atom. The highest BCUT2D eigenvalue weighted by atomic mass is 32.1. The van der Waals surface area contributed by atoms with Crippen molar-refractivity contribution in [1.29, 1.82) is 0 Å². The fraction of sp³-hybridized carbons (Fsp3) is 0.0667. The minimum atomic E-state index is 0.870. The number of benzene rings is 10. The summed E-state index contributed by atoms with van der Waals surface area (Å²) in [6, 6.07) is 66.2. The van der Waals surface area contributed by atoms with Crippen LogP contribution in [0.3, 0.4) is 0 Å². The Hall–Kier alpha value is -7.86. The molecule has 3 aromatic heterocycles. The number of anilines is 6. The minimum Gasteiger partial charge on any atom is -0.454 e. The van der Waals surface area contributed by atoms with Crippen LogP contribution in [0.25, 0.3) is 85.6 Å². The maximum absolute atomic E-state index is 6.78. The Balaban J connectivity index is 1.12. The molecule has 0 spiro atoms. The fourth-order valence-electron chi connectivity index (χ4n) is 10.6. The van der Waals surface area contributed by atoms with Gasteiger partial charge in [0.1, 0.15) is 11.2 Å². The van der Waals surface area contributed by atoms with Gasteiger partial charge in [0.05, 0.1) is 22.7 Å². The van der Waals surface area contributed by atoms with Crippen LogP contribution in [-0.2, 0) is 0 Å². The molecule has 5 heteroatoms. The summed E-state index contributed by atoms with van der Waals surface area (Å²) in [5, 5.41) is 11.8. The summed E-state index contributed by atoms with van der Waals surface area (Å²) in [5.41, 5.74) is 14.8. The lowest BCUT2D eigenvalue weighted by molar-refractivity contribution is 0.669. The Morgan fingerprint density at radius 3 is 1.09 bits per heavy atom. The van der Waals surface area contributed by atoms with Crippen LogP contribution in [0.2, 0.25) is 0 Å². The molecule has 13 rings (SSSR count). The number of para-hydroxylation sites is 4. The molecule has 0 bridgehead atoms. The standard InChI is InChI=1S/C60H42N2O2S/c1-35-27-36(2)30-39(29-35)61(49-23-13-21-47-43-17-9-11-25-53(43)63-59(47)49)51-33-55-57(45-19-7-5-15-41(45)51)58-46-20-8-6-16-42(46)52(34-56(58)65-55)62(40-31-37(3)28-38(4)32-40)50-24-14-22-48-44-18-10-12-26-54(44)64-60(48)50/h5-34H,1-4H3. The molecule has 10 aromatic carbocycles. The average molecular weight is 855 g/mol. The minimum absolute atomic E-state index is 0.870. The van der Waals surface area contributed by atoms with E-state index in [2.05, 4.69) is 207 Å². The molecule has 0 fully saturated rings. The predicted molar refractivity (Wildman–Crippen MR) is 277 cm³/mol. The van der Waals surface area contributed by atoms with Gasteiger partial charge in [0.2, 0.25) is 0 Å². The van der Waals surface area contributed by atoms with Crippen LogP contribution in [0.5, 0.6) is 0 Å². The van der Waals surface area contributed by atoms with E-state index in [9.17, 15) is 0 Å². The average Bonchev–Trinajstić information content (AvgIpc) is 4.01. The molecular formula is C60H42N2O2S. The lowest BCUT2D eigenvalue weighted by atomic mass is 9.96. The molecule has 13 aromatic rings. The second-order valence-corrected chi connectivity index (χ2v) is 18.7. The van der Waals surface area contributed by atoms with Gasteiger partial charge >= 0.3 is 0 Å². The van der Waals surface area contributed by atoms with Gasteiger partial charge in [0.15, 0.2) is 11.2 Å². The summed E-state index contributed by atoms with van der Waals surface area (Å²) in [7, 11) is 0. The van der Waals surface area contributed by atoms with Gasteiger partial charge < -0.3 is 18.6 Å². The summed E-state index contributed by atoms with van der Waals surface area (Å²) in [5.74, 6) is 0. The number of rotatable bonds is 6. The number of aryl methyl sites for hydroxylation is 4. The summed E-state index contributed by atoms with van der Waals surface area (Å²) in [6.45, 7) is 8.73. The van der Waals surface area contributed by atoms with Gasteiger partial charge in [-0.15, -0.1) is 11.3 Å². The molecule has 0 aliphatic carbocycles. The summed E-state index contributed by atoms with van der Waals surface area (Å²) in [4.78, 5) is 4.85. The van der Waals surface area contributed by atoms with Crippen molar-refractivity contribution in [3.05, 3.63) is 204 Å². The van der Waals surface area contributed by atoms with Crippen molar-refractivity contribution < 1.29 is 8.83 Å². The van der Waals surface area contributed by atoms with Crippen molar-refractivity contribution in [2.24, 2.45) is 0 Å². The highest BCUT2D eigenvalue weighted by Crippen LogP contribution is 2.53. The van der Waals surface area contributed by atoms with Gasteiger partial charge in [-0.3, -0.25) is 0 Å². The maximum Gasteiger partial charge on any atom is 0.159 e. The van der Waals surface area contributed by atoms with E-state index < -0.39 is 0 Å². The monoisotopic (exact) mass is 854 g/mol. The molecule has 0 radical (unpaired) electrons. The highest BCUT2D eigenvalue weighted by Gasteiger charge is 2.27. The Morgan fingerprint density at radius 1 is 0.323 bits per heavy atom. The van der Waals surface area contributed by atoms with Crippen LogP contribution < -0.4 is 9.80 Å². The van der Waals surface area contributed by atoms with Crippen molar-refractivity contribution in [3.63, 3.8) is 0 Å². The quantitative estimate of drug-likeness (QED) is 0.167. The van der Waals surface area contributed by atoms with Crippen LogP contribution in [0.4, 0.5) is 34.1 Å². The maximum atomic E-state index is 6.78. The predicted octanol–water partition coefficient (Wildman–Crippen LogP) is 18.3. The van der Waals surface area contributed by atoms with Crippen LogP contribution in [0.1, 0.15) is 22.3 Å². The lowest BCUT2D eigenvalue weighted by Gasteiger charge is -2.28. The normalized spacial score (nSPS) is 12.0. The molecule has 0 aliphatic heterocycles. The molecule has 0 aliphatic rings. The zero-order valence-electron chi connectivity index (χ0n) is 36.4. The number of furan rings is 2. The number of fused-ring (bicyclic) bond motifs is 13. The van der Waals surface area contributed by atoms with Crippen molar-refractivity contribution in [1.82, 2.24) is 0 Å². The van der Waals surface area contributed by atoms with Crippen molar-refractivity contribution in [2.45, 2.75) is 27.7 Å². The third-order valence-corrected chi connectivity index (χ3v) is 14.2. The second-order valence-electron chi connectivity index (χ2n) is 17.6. The smallest absolute Gasteiger partial charge is 0.159 e. The van der Waals surface area contributed by atoms with E-state index in [1.165, 1.54) is 64.0 Å². The van der Waals surface area contributed by atoms with Gasteiger partial charge in [0, 0.05) is 63.9 Å². The molecule has 65 heavy (non-hydrogen) atoms. The Kier molecular flexibility index (Phi) is 8.31. The number of thiophene rings is 1. The first-order valence-electron chi connectivity index (χ1n) is 22.2. The second kappa shape index (κ2) is 14.3. The molecule has 3 heterocycles. The van der Waals surface area contributed by atoms with E-state index in [-0.39, 0.29) is 0 Å². The molecule has 0 amide bonds. The molecule has 4 nitrogen and oxygen atoms in total. The number of hydrogen-bond acceptors (Lipinski definition) is 5. The topological polar surface area (TPSA) is 32.8 Å². The van der Waals surface area contributed by atoms with E-state index in [0.717, 1.165) is 78.0 Å². The summed E-state index contributed by atoms with van der Waals surface area (Å²) >= 11 is 1.86. The number of nitrogens with zero attached hydrogens (tertiary/aromatic N) is 2. The molecule has 0 atom stereocenters. The summed E-state index contributed by atoms with van der Waals surface area (Å²) < 4.78 is 16.0. The van der Waals surface area contributed by atoms with E-state index in [0.29, 0.717) is 0 Å². The van der Waals surface area contributed by atoms with Crippen molar-refractivity contribution in [3.8, 4) is 0 Å². The fourth-order valence-corrected chi connectivity index (χ4v) is 11.8. The van der Waals surface area contributed by atoms with Crippen LogP contribution in [0, 0.1) is 27.7 Å². The first kappa shape index (κ1) is 37.7. The molecular weight excluding hydrogens is 813 g/mol. The van der Waals surface area contributed by atoms with Crippen molar-refractivity contribution in [2.75, 3.05) is 9.80 Å². The van der Waals surface area contributed by atoms with E-state index >= 15 is 0 Å². The summed E-state index contributed by atoms with van der Waals surface area (Å²) in [6.07, 6.45) is 0. The van der Waals surface area contributed by atoms with E-state index in [1.54, 1.807) is 0 Å². The highest BCUT2D eigenvalue weighted by molar-refractivity contribution is 7.26. The molecule has 0 unspecified atom stereocenters. The number of hydrogen-bond donors (Lipinski definition) is 0. The first-order valence-corrected chi connectivity index (χ1v) is 23.0. The van der Waals surface area contributed by atoms with Crippen LogP contribution in [-0.4, -0.2) is 0 Å². The molecule has 0 N–H and O–H groups in total. The zero-order valence-corrected chi connectivity index (χ0v) is 37.3. The molecule has 0 saturated heterocycles. The molecule has 0 saturated carbocycles. The molecule has 310 valence electrons. The van der Waals surface area contributed by atoms with Crippen LogP contribution >= 0.6 is 11.3 Å². The van der Waals surface area contributed by atoms with E-state index in [4.69, 9.17) is 8.83 Å². The largest absolute Gasteiger partial charge is 0.454 e. The Bertz CT molecular complexity index is 3790. The van der Waals surface area contributed by atoms with Crippen LogP contribution in [0.15, 0.2) is 191 Å². The third-order valence-electron chi connectivity index (χ3n) is 13.1. The van der Waals surface area contributed by atoms with Gasteiger partial charge in [-0.1, -0.05) is 121 Å².